The van der Waals surface area contributed by atoms with E-state index in [1.165, 1.54) is 5.56 Å². The Labute approximate surface area is 94.0 Å². The van der Waals surface area contributed by atoms with Gasteiger partial charge in [-0.1, -0.05) is 12.1 Å². The Hall–Kier alpha value is -0.540. The van der Waals surface area contributed by atoms with Crippen LogP contribution in [-0.4, -0.2) is 13.1 Å². The first-order valence-electron chi connectivity index (χ1n) is 4.85. The summed E-state index contributed by atoms with van der Waals surface area (Å²) in [4.78, 5) is 0. The van der Waals surface area contributed by atoms with Gasteiger partial charge in [-0.05, 0) is 54.4 Å². The Morgan fingerprint density at radius 1 is 1.50 bits per heavy atom. The van der Waals surface area contributed by atoms with Crippen LogP contribution in [0.1, 0.15) is 18.9 Å². The molecule has 1 atom stereocenters. The van der Waals surface area contributed by atoms with Crippen LogP contribution in [-0.2, 0) is 6.42 Å². The molecule has 3 heteroatoms. The first-order chi connectivity index (χ1) is 6.65. The smallest absolute Gasteiger partial charge is 0.0491 e. The third-order valence-corrected chi connectivity index (χ3v) is 3.17. The van der Waals surface area contributed by atoms with Crippen LogP contribution >= 0.6 is 15.9 Å². The minimum Gasteiger partial charge on any atom is -0.398 e. The summed E-state index contributed by atoms with van der Waals surface area (Å²) in [5, 5.41) is 3.22. The number of rotatable bonds is 4. The van der Waals surface area contributed by atoms with Crippen molar-refractivity contribution in [3.05, 3.63) is 28.2 Å². The van der Waals surface area contributed by atoms with Crippen molar-refractivity contribution in [3.8, 4) is 0 Å². The molecule has 0 aliphatic carbocycles. The van der Waals surface area contributed by atoms with Gasteiger partial charge in [0.15, 0.2) is 0 Å². The molecule has 78 valence electrons. The first-order valence-corrected chi connectivity index (χ1v) is 5.64. The summed E-state index contributed by atoms with van der Waals surface area (Å²) in [7, 11) is 1.98. The van der Waals surface area contributed by atoms with Crippen LogP contribution in [0.4, 0.5) is 5.69 Å². The number of para-hydroxylation sites is 1. The molecule has 0 bridgehead atoms. The van der Waals surface area contributed by atoms with Gasteiger partial charge in [-0.2, -0.15) is 0 Å². The van der Waals surface area contributed by atoms with Gasteiger partial charge in [0.1, 0.15) is 0 Å². The number of benzene rings is 1. The molecule has 2 nitrogen and oxygen atoms in total. The van der Waals surface area contributed by atoms with Crippen LogP contribution in [0.15, 0.2) is 22.7 Å². The number of hydrogen-bond acceptors (Lipinski definition) is 2. The summed E-state index contributed by atoms with van der Waals surface area (Å²) >= 11 is 3.43. The van der Waals surface area contributed by atoms with Crippen LogP contribution in [0.2, 0.25) is 0 Å². The molecule has 0 spiro atoms. The highest BCUT2D eigenvalue weighted by molar-refractivity contribution is 9.10. The molecule has 0 aliphatic heterocycles. The Balaban J connectivity index is 2.63. The van der Waals surface area contributed by atoms with E-state index >= 15 is 0 Å². The molecule has 0 saturated heterocycles. The normalized spacial score (nSPS) is 12.8. The van der Waals surface area contributed by atoms with Crippen LogP contribution < -0.4 is 11.1 Å². The lowest BCUT2D eigenvalue weighted by Gasteiger charge is -2.11. The monoisotopic (exact) mass is 256 g/mol. The highest BCUT2D eigenvalue weighted by atomic mass is 79.9. The van der Waals surface area contributed by atoms with Gasteiger partial charge in [-0.25, -0.2) is 0 Å². The topological polar surface area (TPSA) is 38.0 Å². The molecule has 3 N–H and O–H groups in total. The van der Waals surface area contributed by atoms with E-state index in [0.29, 0.717) is 6.04 Å². The van der Waals surface area contributed by atoms with Gasteiger partial charge in [0, 0.05) is 16.2 Å². The minimum atomic E-state index is 0.536. The summed E-state index contributed by atoms with van der Waals surface area (Å²) < 4.78 is 0.993. The number of aryl methyl sites for hydroxylation is 1. The lowest BCUT2D eigenvalue weighted by atomic mass is 10.0. The quantitative estimate of drug-likeness (QED) is 0.813. The van der Waals surface area contributed by atoms with E-state index in [-0.39, 0.29) is 0 Å². The van der Waals surface area contributed by atoms with Crippen LogP contribution in [0, 0.1) is 0 Å². The fraction of sp³-hybridized carbons (Fsp3) is 0.455. The third kappa shape index (κ3) is 3.00. The van der Waals surface area contributed by atoms with Crippen LogP contribution in [0.3, 0.4) is 0 Å². The van der Waals surface area contributed by atoms with E-state index in [0.717, 1.165) is 23.0 Å². The maximum absolute atomic E-state index is 5.94. The first kappa shape index (κ1) is 11.5. The number of nitrogen functional groups attached to an aromatic ring is 1. The molecule has 14 heavy (non-hydrogen) atoms. The number of nitrogens with one attached hydrogen (secondary N) is 1. The van der Waals surface area contributed by atoms with Crippen molar-refractivity contribution in [2.24, 2.45) is 0 Å². The van der Waals surface area contributed by atoms with E-state index in [1.54, 1.807) is 0 Å². The minimum absolute atomic E-state index is 0.536. The van der Waals surface area contributed by atoms with Gasteiger partial charge in [-0.3, -0.25) is 0 Å². The average molecular weight is 257 g/mol. The van der Waals surface area contributed by atoms with Gasteiger partial charge in [0.25, 0.3) is 0 Å². The average Bonchev–Trinajstić information content (AvgIpc) is 2.20. The lowest BCUT2D eigenvalue weighted by Crippen LogP contribution is -2.21. The summed E-state index contributed by atoms with van der Waals surface area (Å²) in [6, 6.07) is 6.62. The predicted molar refractivity (Wildman–Crippen MR) is 65.4 cm³/mol. The highest BCUT2D eigenvalue weighted by Gasteiger charge is 2.04. The number of halogens is 1. The standard InChI is InChI=1S/C11H17BrN2/c1-8(14-2)6-7-9-4-3-5-10(12)11(9)13/h3-5,8,14H,6-7,13H2,1-2H3. The molecule has 1 aromatic carbocycles. The van der Waals surface area contributed by atoms with Crippen molar-refractivity contribution in [1.82, 2.24) is 5.32 Å². The predicted octanol–water partition coefficient (Wildman–Crippen LogP) is 2.57. The van der Waals surface area contributed by atoms with E-state index in [9.17, 15) is 0 Å². The molecule has 1 rings (SSSR count). The molecule has 0 saturated carbocycles. The SMILES string of the molecule is CNC(C)CCc1cccc(Br)c1N. The van der Waals surface area contributed by atoms with Crippen LogP contribution in [0.5, 0.6) is 0 Å². The summed E-state index contributed by atoms with van der Waals surface area (Å²) in [5.74, 6) is 0. The fourth-order valence-corrected chi connectivity index (χ4v) is 1.72. The maximum atomic E-state index is 5.94. The second kappa shape index (κ2) is 5.37. The Bertz CT molecular complexity index is 299. The van der Waals surface area contributed by atoms with E-state index in [2.05, 4.69) is 34.2 Å². The maximum Gasteiger partial charge on any atom is 0.0491 e. The van der Waals surface area contributed by atoms with Crippen molar-refractivity contribution in [2.75, 3.05) is 12.8 Å². The molecule has 0 radical (unpaired) electrons. The zero-order valence-electron chi connectivity index (χ0n) is 8.68. The fourth-order valence-electron chi connectivity index (χ4n) is 1.32. The molecule has 0 heterocycles. The van der Waals surface area contributed by atoms with Crippen molar-refractivity contribution < 1.29 is 0 Å². The van der Waals surface area contributed by atoms with Gasteiger partial charge < -0.3 is 11.1 Å². The van der Waals surface area contributed by atoms with Crippen molar-refractivity contribution >= 4 is 21.6 Å². The molecule has 0 aliphatic rings. The zero-order chi connectivity index (χ0) is 10.6. The van der Waals surface area contributed by atoms with Crippen molar-refractivity contribution in [1.29, 1.82) is 0 Å². The molecule has 1 unspecified atom stereocenters. The number of nitrogens with two attached hydrogens (primary N) is 1. The third-order valence-electron chi connectivity index (χ3n) is 2.48. The second-order valence-corrected chi connectivity index (χ2v) is 4.40. The molecule has 0 aromatic heterocycles. The van der Waals surface area contributed by atoms with Gasteiger partial charge in [-0.15, -0.1) is 0 Å². The molecule has 1 aromatic rings. The van der Waals surface area contributed by atoms with Gasteiger partial charge in [0.2, 0.25) is 0 Å². The summed E-state index contributed by atoms with van der Waals surface area (Å²) in [6.45, 7) is 2.17. The molecular formula is C11H17BrN2. The van der Waals surface area contributed by atoms with E-state index in [4.69, 9.17) is 5.73 Å². The number of anilines is 1. The summed E-state index contributed by atoms with van der Waals surface area (Å²) in [6.07, 6.45) is 2.13. The van der Waals surface area contributed by atoms with Crippen molar-refractivity contribution in [2.45, 2.75) is 25.8 Å². The van der Waals surface area contributed by atoms with Gasteiger partial charge in [0.05, 0.1) is 0 Å². The Morgan fingerprint density at radius 2 is 2.21 bits per heavy atom. The molecule has 0 amide bonds. The number of hydrogen-bond donors (Lipinski definition) is 2. The Morgan fingerprint density at radius 3 is 2.86 bits per heavy atom. The van der Waals surface area contributed by atoms with Crippen molar-refractivity contribution in [3.63, 3.8) is 0 Å². The summed E-state index contributed by atoms with van der Waals surface area (Å²) in [5.41, 5.74) is 8.04. The zero-order valence-corrected chi connectivity index (χ0v) is 10.3. The molecule has 0 fully saturated rings. The van der Waals surface area contributed by atoms with Gasteiger partial charge >= 0.3 is 0 Å². The molecular weight excluding hydrogens is 240 g/mol. The Kier molecular flexibility index (Phi) is 4.42. The highest BCUT2D eigenvalue weighted by Crippen LogP contribution is 2.24. The lowest BCUT2D eigenvalue weighted by molar-refractivity contribution is 0.565. The van der Waals surface area contributed by atoms with E-state index in [1.807, 2.05) is 19.2 Å². The largest absolute Gasteiger partial charge is 0.398 e. The van der Waals surface area contributed by atoms with Crippen LogP contribution in [0.25, 0.3) is 0 Å². The second-order valence-electron chi connectivity index (χ2n) is 3.54. The van der Waals surface area contributed by atoms with E-state index < -0.39 is 0 Å².